The van der Waals surface area contributed by atoms with E-state index in [1.165, 1.54) is 0 Å². The number of nitrogens with zero attached hydrogens (tertiary/aromatic N) is 2. The zero-order chi connectivity index (χ0) is 14.0. The number of aromatic nitrogens is 2. The molecule has 1 heterocycles. The molecule has 0 spiro atoms. The Balaban J connectivity index is 2.18. The third-order valence-electron chi connectivity index (χ3n) is 2.71. The highest BCUT2D eigenvalue weighted by atomic mass is 79.9. The Labute approximate surface area is 137 Å². The maximum absolute atomic E-state index is 5.86. The average Bonchev–Trinajstić information content (AvgIpc) is 2.65. The number of hydrogen-bond acceptors (Lipinski definition) is 2. The molecule has 0 saturated carbocycles. The standard InChI is InChI=1S/C13H13Br3N2O/c1-3-18-11(13(16)8(2)17-18)7-19-12-5-4-9(14)6-10(12)15/h4-6H,3,7H2,1-2H3. The number of halogens is 3. The molecule has 6 heteroatoms. The van der Waals surface area contributed by atoms with Crippen LogP contribution in [0.25, 0.3) is 0 Å². The third-order valence-corrected chi connectivity index (χ3v) is 4.86. The minimum absolute atomic E-state index is 0.482. The minimum atomic E-state index is 0.482. The molecule has 0 atom stereocenters. The Hall–Kier alpha value is -0.330. The van der Waals surface area contributed by atoms with Crippen molar-refractivity contribution in [2.45, 2.75) is 27.0 Å². The zero-order valence-electron chi connectivity index (χ0n) is 10.6. The lowest BCUT2D eigenvalue weighted by atomic mass is 10.3. The summed E-state index contributed by atoms with van der Waals surface area (Å²) in [5.74, 6) is 0.816. The fraction of sp³-hybridized carbons (Fsp3) is 0.308. The fourth-order valence-electron chi connectivity index (χ4n) is 1.75. The Kier molecular flexibility index (Phi) is 5.09. The third kappa shape index (κ3) is 3.41. The summed E-state index contributed by atoms with van der Waals surface area (Å²) in [6, 6.07) is 5.85. The van der Waals surface area contributed by atoms with Gasteiger partial charge in [0.25, 0.3) is 0 Å². The molecule has 0 fully saturated rings. The van der Waals surface area contributed by atoms with E-state index in [1.807, 2.05) is 29.8 Å². The van der Waals surface area contributed by atoms with E-state index < -0.39 is 0 Å². The molecule has 1 aromatic heterocycles. The van der Waals surface area contributed by atoms with Crippen molar-refractivity contribution in [3.8, 4) is 5.75 Å². The molecule has 0 radical (unpaired) electrons. The van der Waals surface area contributed by atoms with Gasteiger partial charge in [0.05, 0.1) is 20.3 Å². The van der Waals surface area contributed by atoms with E-state index in [0.29, 0.717) is 6.61 Å². The van der Waals surface area contributed by atoms with E-state index in [1.54, 1.807) is 0 Å². The molecule has 0 aliphatic rings. The van der Waals surface area contributed by atoms with E-state index >= 15 is 0 Å². The van der Waals surface area contributed by atoms with Gasteiger partial charge in [-0.1, -0.05) is 15.9 Å². The Morgan fingerprint density at radius 1 is 1.26 bits per heavy atom. The lowest BCUT2D eigenvalue weighted by Crippen LogP contribution is -2.06. The van der Waals surface area contributed by atoms with Gasteiger partial charge in [0.1, 0.15) is 12.4 Å². The lowest BCUT2D eigenvalue weighted by molar-refractivity contribution is 0.290. The molecular formula is C13H13Br3N2O. The predicted molar refractivity (Wildman–Crippen MR) is 86.5 cm³/mol. The van der Waals surface area contributed by atoms with Gasteiger partial charge in [-0.05, 0) is 63.9 Å². The van der Waals surface area contributed by atoms with Crippen LogP contribution < -0.4 is 4.74 Å². The van der Waals surface area contributed by atoms with Gasteiger partial charge in [0.2, 0.25) is 0 Å². The van der Waals surface area contributed by atoms with E-state index in [2.05, 4.69) is 59.8 Å². The van der Waals surface area contributed by atoms with E-state index in [-0.39, 0.29) is 0 Å². The summed E-state index contributed by atoms with van der Waals surface area (Å²) in [6.07, 6.45) is 0. The summed E-state index contributed by atoms with van der Waals surface area (Å²) in [7, 11) is 0. The van der Waals surface area contributed by atoms with Crippen molar-refractivity contribution in [2.75, 3.05) is 0 Å². The maximum Gasteiger partial charge on any atom is 0.134 e. The summed E-state index contributed by atoms with van der Waals surface area (Å²) in [4.78, 5) is 0. The molecule has 19 heavy (non-hydrogen) atoms. The van der Waals surface area contributed by atoms with Crippen molar-refractivity contribution in [3.05, 3.63) is 43.0 Å². The van der Waals surface area contributed by atoms with Gasteiger partial charge in [-0.3, -0.25) is 4.68 Å². The average molecular weight is 453 g/mol. The van der Waals surface area contributed by atoms with Crippen LogP contribution in [0.3, 0.4) is 0 Å². The second-order valence-corrected chi connectivity index (χ2v) is 6.59. The minimum Gasteiger partial charge on any atom is -0.486 e. The van der Waals surface area contributed by atoms with Crippen LogP contribution in [0.15, 0.2) is 31.6 Å². The molecule has 0 aliphatic carbocycles. The quantitative estimate of drug-likeness (QED) is 0.647. The summed E-state index contributed by atoms with van der Waals surface area (Å²) >= 11 is 10.5. The van der Waals surface area contributed by atoms with E-state index in [0.717, 1.165) is 37.1 Å². The first-order chi connectivity index (χ1) is 9.02. The highest BCUT2D eigenvalue weighted by Crippen LogP contribution is 2.30. The van der Waals surface area contributed by atoms with Crippen LogP contribution in [0.5, 0.6) is 5.75 Å². The van der Waals surface area contributed by atoms with Crippen LogP contribution in [0.4, 0.5) is 0 Å². The Morgan fingerprint density at radius 3 is 2.63 bits per heavy atom. The van der Waals surface area contributed by atoms with Crippen molar-refractivity contribution >= 4 is 47.8 Å². The molecule has 0 unspecified atom stereocenters. The molecule has 0 amide bonds. The number of rotatable bonds is 4. The van der Waals surface area contributed by atoms with Gasteiger partial charge in [0, 0.05) is 11.0 Å². The van der Waals surface area contributed by atoms with Gasteiger partial charge >= 0.3 is 0 Å². The van der Waals surface area contributed by atoms with Gasteiger partial charge in [-0.2, -0.15) is 5.10 Å². The Bertz CT molecular complexity index is 596. The van der Waals surface area contributed by atoms with Crippen LogP contribution in [-0.4, -0.2) is 9.78 Å². The maximum atomic E-state index is 5.86. The predicted octanol–water partition coefficient (Wildman–Crippen LogP) is 5.08. The molecule has 3 nitrogen and oxygen atoms in total. The summed E-state index contributed by atoms with van der Waals surface area (Å²) in [5.41, 5.74) is 2.03. The van der Waals surface area contributed by atoms with Crippen LogP contribution in [0.2, 0.25) is 0 Å². The zero-order valence-corrected chi connectivity index (χ0v) is 15.3. The number of aryl methyl sites for hydroxylation is 2. The van der Waals surface area contributed by atoms with Gasteiger partial charge < -0.3 is 4.74 Å². The normalized spacial score (nSPS) is 10.8. The summed E-state index contributed by atoms with van der Waals surface area (Å²) in [5, 5.41) is 4.45. The molecule has 102 valence electrons. The lowest BCUT2D eigenvalue weighted by Gasteiger charge is -2.10. The number of ether oxygens (including phenoxy) is 1. The van der Waals surface area contributed by atoms with Crippen molar-refractivity contribution in [2.24, 2.45) is 0 Å². The first-order valence-corrected chi connectivity index (χ1v) is 8.20. The monoisotopic (exact) mass is 450 g/mol. The van der Waals surface area contributed by atoms with Gasteiger partial charge in [-0.25, -0.2) is 0 Å². The molecule has 0 aliphatic heterocycles. The molecule has 2 rings (SSSR count). The van der Waals surface area contributed by atoms with Crippen molar-refractivity contribution in [1.29, 1.82) is 0 Å². The van der Waals surface area contributed by atoms with E-state index in [9.17, 15) is 0 Å². The molecule has 0 bridgehead atoms. The second kappa shape index (κ2) is 6.41. The van der Waals surface area contributed by atoms with Crippen molar-refractivity contribution < 1.29 is 4.74 Å². The highest BCUT2D eigenvalue weighted by molar-refractivity contribution is 9.11. The largest absolute Gasteiger partial charge is 0.486 e. The number of benzene rings is 1. The second-order valence-electron chi connectivity index (χ2n) is 4.03. The SMILES string of the molecule is CCn1nc(C)c(Br)c1COc1ccc(Br)cc1Br. The van der Waals surface area contributed by atoms with Crippen LogP contribution in [0.1, 0.15) is 18.3 Å². The smallest absolute Gasteiger partial charge is 0.134 e. The van der Waals surface area contributed by atoms with Crippen LogP contribution in [0, 0.1) is 6.92 Å². The Morgan fingerprint density at radius 2 is 2.00 bits per heavy atom. The summed E-state index contributed by atoms with van der Waals surface area (Å²) in [6.45, 7) is 5.36. The highest BCUT2D eigenvalue weighted by Gasteiger charge is 2.13. The van der Waals surface area contributed by atoms with E-state index in [4.69, 9.17) is 4.74 Å². The number of hydrogen-bond donors (Lipinski definition) is 0. The van der Waals surface area contributed by atoms with Crippen molar-refractivity contribution in [1.82, 2.24) is 9.78 Å². The summed E-state index contributed by atoms with van der Waals surface area (Å²) < 4.78 is 10.8. The molecule has 0 N–H and O–H groups in total. The van der Waals surface area contributed by atoms with Crippen molar-refractivity contribution in [3.63, 3.8) is 0 Å². The first-order valence-electron chi connectivity index (χ1n) is 5.82. The fourth-order valence-corrected chi connectivity index (χ4v) is 3.31. The first kappa shape index (κ1) is 15.1. The molecule has 0 saturated heterocycles. The molecule has 2 aromatic rings. The van der Waals surface area contributed by atoms with Gasteiger partial charge in [-0.15, -0.1) is 0 Å². The topological polar surface area (TPSA) is 27.1 Å². The molecular weight excluding hydrogens is 440 g/mol. The van der Waals surface area contributed by atoms with Gasteiger partial charge in [0.15, 0.2) is 0 Å². The van der Waals surface area contributed by atoms with Crippen LogP contribution in [-0.2, 0) is 13.2 Å². The van der Waals surface area contributed by atoms with Crippen LogP contribution >= 0.6 is 47.8 Å². The molecule has 1 aromatic carbocycles.